The molecular weight excluding hydrogens is 398 g/mol. The van der Waals surface area contributed by atoms with E-state index in [1.165, 1.54) is 16.2 Å². The summed E-state index contributed by atoms with van der Waals surface area (Å²) >= 11 is 1.50. The minimum atomic E-state index is -0.0653. The van der Waals surface area contributed by atoms with Crippen LogP contribution in [-0.4, -0.2) is 43.9 Å². The second-order valence-corrected chi connectivity index (χ2v) is 8.12. The topological polar surface area (TPSA) is 56.1 Å². The highest BCUT2D eigenvalue weighted by Gasteiger charge is 2.22. The van der Waals surface area contributed by atoms with Crippen LogP contribution in [0.3, 0.4) is 0 Å². The zero-order chi connectivity index (χ0) is 20.9. The van der Waals surface area contributed by atoms with E-state index in [1.54, 1.807) is 11.0 Å². The van der Waals surface area contributed by atoms with Gasteiger partial charge in [-0.2, -0.15) is 0 Å². The SMILES string of the molecule is CC[NH+](CC)CCN(C(=O)/C=C/c1ccccc1)c1nc2cc3c(cc2s1)OCO3. The molecule has 1 N–H and O–H groups in total. The number of benzene rings is 2. The predicted octanol–water partition coefficient (Wildman–Crippen LogP) is 3.00. The number of rotatable bonds is 8. The number of quaternary nitrogens is 1. The molecule has 2 aromatic carbocycles. The van der Waals surface area contributed by atoms with Gasteiger partial charge in [0, 0.05) is 18.2 Å². The molecule has 6 nitrogen and oxygen atoms in total. The van der Waals surface area contributed by atoms with Crippen LogP contribution in [0.5, 0.6) is 11.5 Å². The van der Waals surface area contributed by atoms with E-state index >= 15 is 0 Å². The van der Waals surface area contributed by atoms with Crippen molar-refractivity contribution in [2.24, 2.45) is 0 Å². The van der Waals surface area contributed by atoms with Crippen molar-refractivity contribution in [1.82, 2.24) is 4.98 Å². The number of hydrogen-bond acceptors (Lipinski definition) is 5. The second-order valence-electron chi connectivity index (χ2n) is 7.11. The molecule has 30 heavy (non-hydrogen) atoms. The van der Waals surface area contributed by atoms with E-state index in [4.69, 9.17) is 14.5 Å². The molecule has 0 saturated heterocycles. The lowest BCUT2D eigenvalue weighted by atomic mass is 10.2. The summed E-state index contributed by atoms with van der Waals surface area (Å²) < 4.78 is 11.9. The van der Waals surface area contributed by atoms with Crippen molar-refractivity contribution in [3.8, 4) is 11.5 Å². The number of thiazole rings is 1. The van der Waals surface area contributed by atoms with Crippen LogP contribution in [0.2, 0.25) is 0 Å². The first kappa shape index (κ1) is 20.4. The number of fused-ring (bicyclic) bond motifs is 2. The Hall–Kier alpha value is -2.90. The van der Waals surface area contributed by atoms with Gasteiger partial charge in [0.25, 0.3) is 5.91 Å². The van der Waals surface area contributed by atoms with Crippen molar-refractivity contribution in [2.45, 2.75) is 13.8 Å². The highest BCUT2D eigenvalue weighted by molar-refractivity contribution is 7.22. The predicted molar refractivity (Wildman–Crippen MR) is 120 cm³/mol. The lowest BCUT2D eigenvalue weighted by Crippen LogP contribution is -3.12. The summed E-state index contributed by atoms with van der Waals surface area (Å²) in [5, 5.41) is 0.697. The molecule has 0 atom stereocenters. The molecule has 1 aliphatic heterocycles. The van der Waals surface area contributed by atoms with E-state index in [9.17, 15) is 4.79 Å². The number of amides is 1. The molecule has 1 amide bonds. The zero-order valence-corrected chi connectivity index (χ0v) is 18.1. The molecule has 4 rings (SSSR count). The van der Waals surface area contributed by atoms with Gasteiger partial charge in [-0.25, -0.2) is 4.98 Å². The fraction of sp³-hybridized carbons (Fsp3) is 0.304. The Balaban J connectivity index is 1.61. The van der Waals surface area contributed by atoms with E-state index in [0.717, 1.165) is 41.2 Å². The molecule has 0 radical (unpaired) electrons. The number of hydrogen-bond donors (Lipinski definition) is 1. The van der Waals surface area contributed by atoms with Crippen LogP contribution in [0.15, 0.2) is 48.5 Å². The van der Waals surface area contributed by atoms with Crippen LogP contribution in [-0.2, 0) is 4.79 Å². The summed E-state index contributed by atoms with van der Waals surface area (Å²) in [6.07, 6.45) is 3.48. The molecule has 0 spiro atoms. The third-order valence-electron chi connectivity index (χ3n) is 5.28. The van der Waals surface area contributed by atoms with Gasteiger partial charge in [-0.05, 0) is 25.5 Å². The van der Waals surface area contributed by atoms with E-state index in [0.29, 0.717) is 17.4 Å². The van der Waals surface area contributed by atoms with Gasteiger partial charge in [-0.15, -0.1) is 0 Å². The summed E-state index contributed by atoms with van der Waals surface area (Å²) in [7, 11) is 0. The summed E-state index contributed by atoms with van der Waals surface area (Å²) in [5.41, 5.74) is 1.81. The van der Waals surface area contributed by atoms with Gasteiger partial charge < -0.3 is 14.4 Å². The van der Waals surface area contributed by atoms with Crippen molar-refractivity contribution in [3.05, 3.63) is 54.1 Å². The van der Waals surface area contributed by atoms with Gasteiger partial charge >= 0.3 is 0 Å². The van der Waals surface area contributed by atoms with E-state index in [1.807, 2.05) is 48.5 Å². The highest BCUT2D eigenvalue weighted by Crippen LogP contribution is 2.39. The first-order valence-corrected chi connectivity index (χ1v) is 11.1. The van der Waals surface area contributed by atoms with Crippen molar-refractivity contribution in [1.29, 1.82) is 0 Å². The first-order valence-electron chi connectivity index (χ1n) is 10.3. The maximum Gasteiger partial charge on any atom is 0.252 e. The fourth-order valence-electron chi connectivity index (χ4n) is 3.42. The molecule has 156 valence electrons. The average molecular weight is 425 g/mol. The Kier molecular flexibility index (Phi) is 6.30. The van der Waals surface area contributed by atoms with Crippen molar-refractivity contribution >= 4 is 38.7 Å². The van der Waals surface area contributed by atoms with E-state index < -0.39 is 0 Å². The normalized spacial score (nSPS) is 12.9. The maximum atomic E-state index is 13.1. The van der Waals surface area contributed by atoms with Gasteiger partial charge in [0.05, 0.1) is 36.4 Å². The Labute approximate surface area is 180 Å². The number of likely N-dealkylation sites (N-methyl/N-ethyl adjacent to an activating group) is 1. The number of aromatic nitrogens is 1. The molecule has 0 aliphatic carbocycles. The third-order valence-corrected chi connectivity index (χ3v) is 6.32. The van der Waals surface area contributed by atoms with E-state index in [2.05, 4.69) is 13.8 Å². The monoisotopic (exact) mass is 424 g/mol. The number of ether oxygens (including phenoxy) is 2. The number of anilines is 1. The molecule has 3 aromatic rings. The van der Waals surface area contributed by atoms with Crippen LogP contribution in [0.4, 0.5) is 5.13 Å². The molecule has 1 aromatic heterocycles. The quantitative estimate of drug-likeness (QED) is 0.565. The van der Waals surface area contributed by atoms with Gasteiger partial charge in [-0.1, -0.05) is 41.7 Å². The van der Waals surface area contributed by atoms with Gasteiger partial charge in [0.1, 0.15) is 0 Å². The zero-order valence-electron chi connectivity index (χ0n) is 17.3. The van der Waals surface area contributed by atoms with Crippen LogP contribution in [0.25, 0.3) is 16.3 Å². The molecular formula is C23H26N3O3S+. The molecule has 0 saturated carbocycles. The number of carbonyl (C=O) groups is 1. The van der Waals surface area contributed by atoms with Gasteiger partial charge in [0.15, 0.2) is 16.6 Å². The van der Waals surface area contributed by atoms with Crippen LogP contribution in [0, 0.1) is 0 Å². The lowest BCUT2D eigenvalue weighted by molar-refractivity contribution is -0.894. The number of nitrogens with one attached hydrogen (secondary N) is 1. The summed E-state index contributed by atoms with van der Waals surface area (Å²) in [6.45, 7) is 8.11. The molecule has 0 unspecified atom stereocenters. The molecule has 7 heteroatoms. The van der Waals surface area contributed by atoms with Crippen molar-refractivity contribution in [3.63, 3.8) is 0 Å². The minimum Gasteiger partial charge on any atom is -0.454 e. The lowest BCUT2D eigenvalue weighted by Gasteiger charge is -2.22. The number of nitrogens with zero attached hydrogens (tertiary/aromatic N) is 2. The molecule has 2 heterocycles. The van der Waals surface area contributed by atoms with Gasteiger partial charge in [0.2, 0.25) is 6.79 Å². The summed E-state index contributed by atoms with van der Waals surface area (Å²) in [6, 6.07) is 13.7. The van der Waals surface area contributed by atoms with Crippen LogP contribution < -0.4 is 19.3 Å². The first-order chi connectivity index (χ1) is 14.7. The Bertz CT molecular complexity index is 1000. The minimum absolute atomic E-state index is 0.0653. The maximum absolute atomic E-state index is 13.1. The molecule has 1 aliphatic rings. The van der Waals surface area contributed by atoms with E-state index in [-0.39, 0.29) is 12.7 Å². The molecule has 0 fully saturated rings. The third kappa shape index (κ3) is 4.47. The van der Waals surface area contributed by atoms with Crippen molar-refractivity contribution in [2.75, 3.05) is 37.9 Å². The van der Waals surface area contributed by atoms with Crippen LogP contribution >= 0.6 is 11.3 Å². The summed E-state index contributed by atoms with van der Waals surface area (Å²) in [4.78, 5) is 21.1. The Morgan fingerprint density at radius 3 is 2.63 bits per heavy atom. The standard InChI is InChI=1S/C23H25N3O3S/c1-3-25(4-2)12-13-26(22(27)11-10-17-8-6-5-7-9-17)23-24-18-14-19-20(29-16-28-19)15-21(18)30-23/h5-11,14-15H,3-4,12-13,16H2,1-2H3/p+1/b11-10+. The fourth-order valence-corrected chi connectivity index (χ4v) is 4.42. The van der Waals surface area contributed by atoms with Crippen molar-refractivity contribution < 1.29 is 19.2 Å². The smallest absolute Gasteiger partial charge is 0.252 e. The summed E-state index contributed by atoms with van der Waals surface area (Å²) in [5.74, 6) is 1.37. The highest BCUT2D eigenvalue weighted by atomic mass is 32.1. The van der Waals surface area contributed by atoms with Crippen LogP contribution in [0.1, 0.15) is 19.4 Å². The molecule has 0 bridgehead atoms. The Morgan fingerprint density at radius 1 is 1.17 bits per heavy atom. The second kappa shape index (κ2) is 9.28. The average Bonchev–Trinajstić information content (AvgIpc) is 3.40. The number of carbonyl (C=O) groups excluding carboxylic acids is 1. The Morgan fingerprint density at radius 2 is 1.90 bits per heavy atom. The van der Waals surface area contributed by atoms with Gasteiger partial charge in [-0.3, -0.25) is 9.69 Å². The largest absolute Gasteiger partial charge is 0.454 e.